The van der Waals surface area contributed by atoms with Crippen LogP contribution in [0.4, 0.5) is 0 Å². The third-order valence-electron chi connectivity index (χ3n) is 2.92. The average Bonchev–Trinajstić information content (AvgIpc) is 2.40. The van der Waals surface area contributed by atoms with E-state index >= 15 is 0 Å². The van der Waals surface area contributed by atoms with E-state index in [1.165, 1.54) is 21.6 Å². The zero-order chi connectivity index (χ0) is 13.7. The molecule has 0 aliphatic carbocycles. The number of hydrogen-bond acceptors (Lipinski definition) is 2. The van der Waals surface area contributed by atoms with Crippen LogP contribution in [0.25, 0.3) is 0 Å². The lowest BCUT2D eigenvalue weighted by Gasteiger charge is -2.10. The Balaban J connectivity index is 2.13. The maximum Gasteiger partial charge on any atom is 0.0446 e. The van der Waals surface area contributed by atoms with Crippen molar-refractivity contribution in [3.8, 4) is 0 Å². The summed E-state index contributed by atoms with van der Waals surface area (Å²) in [5.74, 6) is 0.902. The molecule has 1 nitrogen and oxygen atoms in total. The summed E-state index contributed by atoms with van der Waals surface area (Å²) in [6.45, 7) is 3.02. The van der Waals surface area contributed by atoms with Crippen LogP contribution >= 0.6 is 23.4 Å². The van der Waals surface area contributed by atoms with Gasteiger partial charge in [0.25, 0.3) is 0 Å². The smallest absolute Gasteiger partial charge is 0.0446 e. The van der Waals surface area contributed by atoms with Gasteiger partial charge in [-0.05, 0) is 37.2 Å². The van der Waals surface area contributed by atoms with Gasteiger partial charge in [0.1, 0.15) is 0 Å². The summed E-state index contributed by atoms with van der Waals surface area (Å²) in [5.41, 5.74) is 3.83. The first-order valence-electron chi connectivity index (χ1n) is 6.31. The van der Waals surface area contributed by atoms with Crippen molar-refractivity contribution < 1.29 is 0 Å². The molecule has 0 fully saturated rings. The van der Waals surface area contributed by atoms with Gasteiger partial charge in [-0.3, -0.25) is 0 Å². The van der Waals surface area contributed by atoms with Crippen molar-refractivity contribution in [2.75, 3.05) is 7.05 Å². The minimum Gasteiger partial charge on any atom is -0.316 e. The molecule has 0 saturated heterocycles. The van der Waals surface area contributed by atoms with Crippen LogP contribution in [0.1, 0.15) is 16.7 Å². The fraction of sp³-hybridized carbons (Fsp3) is 0.250. The number of aryl methyl sites for hydroxylation is 1. The SMILES string of the molecule is CNCc1cc(C)ccc1SCc1ccccc1Cl. The standard InChI is InChI=1S/C16H18ClNS/c1-12-7-8-16(14(9-12)10-18-2)19-11-13-5-3-4-6-15(13)17/h3-9,18H,10-11H2,1-2H3. The van der Waals surface area contributed by atoms with E-state index < -0.39 is 0 Å². The van der Waals surface area contributed by atoms with Crippen LogP contribution in [0.5, 0.6) is 0 Å². The molecule has 0 aromatic heterocycles. The van der Waals surface area contributed by atoms with E-state index in [0.29, 0.717) is 0 Å². The summed E-state index contributed by atoms with van der Waals surface area (Å²) in [7, 11) is 1.98. The lowest BCUT2D eigenvalue weighted by molar-refractivity contribution is 0.802. The first kappa shape index (κ1) is 14.4. The van der Waals surface area contributed by atoms with Crippen molar-refractivity contribution in [2.45, 2.75) is 24.1 Å². The molecule has 1 N–H and O–H groups in total. The normalized spacial score (nSPS) is 10.7. The van der Waals surface area contributed by atoms with E-state index in [2.05, 4.69) is 36.5 Å². The van der Waals surface area contributed by atoms with Crippen LogP contribution in [0.15, 0.2) is 47.4 Å². The van der Waals surface area contributed by atoms with Crippen LogP contribution in [-0.4, -0.2) is 7.05 Å². The summed E-state index contributed by atoms with van der Waals surface area (Å²) in [6.07, 6.45) is 0. The topological polar surface area (TPSA) is 12.0 Å². The van der Waals surface area contributed by atoms with Gasteiger partial charge in [0.05, 0.1) is 0 Å². The molecular weight excluding hydrogens is 274 g/mol. The van der Waals surface area contributed by atoms with Crippen LogP contribution in [-0.2, 0) is 12.3 Å². The fourth-order valence-corrected chi connectivity index (χ4v) is 3.27. The minimum absolute atomic E-state index is 0.845. The highest BCUT2D eigenvalue weighted by Crippen LogP contribution is 2.29. The third kappa shape index (κ3) is 4.00. The number of rotatable bonds is 5. The lowest BCUT2D eigenvalue weighted by atomic mass is 10.1. The Morgan fingerprint density at radius 2 is 1.89 bits per heavy atom. The van der Waals surface area contributed by atoms with E-state index in [-0.39, 0.29) is 0 Å². The predicted molar refractivity (Wildman–Crippen MR) is 85.0 cm³/mol. The second kappa shape index (κ2) is 6.99. The van der Waals surface area contributed by atoms with Gasteiger partial charge in [0.15, 0.2) is 0 Å². The lowest BCUT2D eigenvalue weighted by Crippen LogP contribution is -2.06. The Morgan fingerprint density at radius 1 is 1.11 bits per heavy atom. The first-order chi connectivity index (χ1) is 9.20. The second-order valence-corrected chi connectivity index (χ2v) is 5.95. The number of halogens is 1. The van der Waals surface area contributed by atoms with Gasteiger partial charge < -0.3 is 5.32 Å². The van der Waals surface area contributed by atoms with Gasteiger partial charge in [-0.25, -0.2) is 0 Å². The fourth-order valence-electron chi connectivity index (χ4n) is 1.95. The molecule has 0 spiro atoms. The predicted octanol–water partition coefficient (Wildman–Crippen LogP) is 4.66. The first-order valence-corrected chi connectivity index (χ1v) is 7.67. The Kier molecular flexibility index (Phi) is 5.32. The van der Waals surface area contributed by atoms with Gasteiger partial charge in [0.2, 0.25) is 0 Å². The number of benzene rings is 2. The minimum atomic E-state index is 0.845. The van der Waals surface area contributed by atoms with Gasteiger partial charge in [-0.2, -0.15) is 0 Å². The van der Waals surface area contributed by atoms with Gasteiger partial charge >= 0.3 is 0 Å². The van der Waals surface area contributed by atoms with Crippen molar-refractivity contribution in [3.63, 3.8) is 0 Å². The highest BCUT2D eigenvalue weighted by molar-refractivity contribution is 7.98. The van der Waals surface area contributed by atoms with E-state index in [1.807, 2.05) is 37.0 Å². The highest BCUT2D eigenvalue weighted by Gasteiger charge is 2.05. The van der Waals surface area contributed by atoms with Crippen molar-refractivity contribution in [1.29, 1.82) is 0 Å². The Morgan fingerprint density at radius 3 is 2.63 bits per heavy atom. The quantitative estimate of drug-likeness (QED) is 0.804. The van der Waals surface area contributed by atoms with Crippen LogP contribution in [0, 0.1) is 6.92 Å². The number of nitrogens with one attached hydrogen (secondary N) is 1. The Labute approximate surface area is 124 Å². The van der Waals surface area contributed by atoms with Gasteiger partial charge in [-0.1, -0.05) is 47.5 Å². The summed E-state index contributed by atoms with van der Waals surface area (Å²) in [4.78, 5) is 1.32. The molecule has 0 saturated carbocycles. The third-order valence-corrected chi connectivity index (χ3v) is 4.46. The van der Waals surface area contributed by atoms with Crippen LogP contribution in [0.2, 0.25) is 5.02 Å². The van der Waals surface area contributed by atoms with Crippen molar-refractivity contribution in [2.24, 2.45) is 0 Å². The Hall–Kier alpha value is -0.960. The van der Waals surface area contributed by atoms with E-state index in [1.54, 1.807) is 0 Å². The van der Waals surface area contributed by atoms with E-state index in [9.17, 15) is 0 Å². The molecule has 0 amide bonds. The van der Waals surface area contributed by atoms with E-state index in [0.717, 1.165) is 17.3 Å². The monoisotopic (exact) mass is 291 g/mol. The van der Waals surface area contributed by atoms with Crippen LogP contribution in [0.3, 0.4) is 0 Å². The molecule has 3 heteroatoms. The molecule has 0 atom stereocenters. The molecule has 2 aromatic rings. The second-order valence-electron chi connectivity index (χ2n) is 4.52. The summed E-state index contributed by atoms with van der Waals surface area (Å²) in [5, 5.41) is 4.07. The largest absolute Gasteiger partial charge is 0.316 e. The number of thioether (sulfide) groups is 1. The molecular formula is C16H18ClNS. The molecule has 100 valence electrons. The molecule has 0 aliphatic heterocycles. The van der Waals surface area contributed by atoms with Crippen molar-refractivity contribution in [3.05, 3.63) is 64.2 Å². The molecule has 0 aliphatic rings. The summed E-state index contributed by atoms with van der Waals surface area (Å²) in [6, 6.07) is 14.6. The molecule has 0 heterocycles. The maximum absolute atomic E-state index is 6.19. The summed E-state index contributed by atoms with van der Waals surface area (Å²) >= 11 is 8.03. The zero-order valence-electron chi connectivity index (χ0n) is 11.2. The van der Waals surface area contributed by atoms with Crippen LogP contribution < -0.4 is 5.32 Å². The molecule has 0 bridgehead atoms. The highest BCUT2D eigenvalue weighted by atomic mass is 35.5. The maximum atomic E-state index is 6.19. The van der Waals surface area contributed by atoms with Gasteiger partial charge in [0, 0.05) is 22.2 Å². The van der Waals surface area contributed by atoms with Gasteiger partial charge in [-0.15, -0.1) is 11.8 Å². The average molecular weight is 292 g/mol. The molecule has 19 heavy (non-hydrogen) atoms. The molecule has 2 aromatic carbocycles. The van der Waals surface area contributed by atoms with Crippen molar-refractivity contribution in [1.82, 2.24) is 5.32 Å². The molecule has 0 unspecified atom stereocenters. The van der Waals surface area contributed by atoms with Crippen molar-refractivity contribution >= 4 is 23.4 Å². The number of hydrogen-bond donors (Lipinski definition) is 1. The molecule has 2 rings (SSSR count). The summed E-state index contributed by atoms with van der Waals surface area (Å²) < 4.78 is 0. The molecule has 0 radical (unpaired) electrons. The zero-order valence-corrected chi connectivity index (χ0v) is 12.8. The van der Waals surface area contributed by atoms with E-state index in [4.69, 9.17) is 11.6 Å². The Bertz CT molecular complexity index is 554.